The van der Waals surface area contributed by atoms with E-state index in [-0.39, 0.29) is 23.7 Å². The molecule has 0 bridgehead atoms. The van der Waals surface area contributed by atoms with Crippen molar-refractivity contribution in [3.05, 3.63) is 46.4 Å². The second-order valence-corrected chi connectivity index (χ2v) is 10.8. The summed E-state index contributed by atoms with van der Waals surface area (Å²) in [6.45, 7) is 3.96. The number of hydrogen-bond acceptors (Lipinski definition) is 6. The van der Waals surface area contributed by atoms with Gasteiger partial charge in [0, 0.05) is 23.2 Å². The number of benzene rings is 2. The smallest absolute Gasteiger partial charge is 0.227 e. The molecule has 4 aromatic rings. The van der Waals surface area contributed by atoms with Gasteiger partial charge in [0.1, 0.15) is 0 Å². The molecule has 2 heterocycles. The van der Waals surface area contributed by atoms with Crippen LogP contribution in [0.5, 0.6) is 0 Å². The fourth-order valence-corrected chi connectivity index (χ4v) is 6.07. The van der Waals surface area contributed by atoms with Gasteiger partial charge in [-0.25, -0.2) is 9.97 Å². The topological polar surface area (TPSA) is 84.0 Å². The van der Waals surface area contributed by atoms with E-state index in [4.69, 9.17) is 0 Å². The van der Waals surface area contributed by atoms with Crippen LogP contribution in [-0.2, 0) is 9.59 Å². The maximum absolute atomic E-state index is 12.8. The molecule has 1 fully saturated rings. The fourth-order valence-electron chi connectivity index (χ4n) is 4.34. The molecule has 2 N–H and O–H groups in total. The third-order valence-corrected chi connectivity index (χ3v) is 7.86. The van der Waals surface area contributed by atoms with Crippen molar-refractivity contribution < 1.29 is 9.59 Å². The molecule has 0 radical (unpaired) electrons. The monoisotopic (exact) mass is 464 g/mol. The van der Waals surface area contributed by atoms with E-state index >= 15 is 0 Å². The van der Waals surface area contributed by atoms with Crippen molar-refractivity contribution >= 4 is 66.3 Å². The number of rotatable bonds is 4. The Labute approximate surface area is 194 Å². The molecule has 164 valence electrons. The van der Waals surface area contributed by atoms with Crippen molar-refractivity contribution in [2.75, 3.05) is 10.6 Å². The molecule has 2 amide bonds. The van der Waals surface area contributed by atoms with Gasteiger partial charge in [-0.05, 0) is 75.9 Å². The Morgan fingerprint density at radius 1 is 0.750 bits per heavy atom. The van der Waals surface area contributed by atoms with E-state index in [1.807, 2.05) is 50.2 Å². The van der Waals surface area contributed by atoms with Gasteiger partial charge in [-0.15, -0.1) is 22.7 Å². The number of fused-ring (bicyclic) bond motifs is 2. The summed E-state index contributed by atoms with van der Waals surface area (Å²) in [7, 11) is 0. The van der Waals surface area contributed by atoms with E-state index in [0.29, 0.717) is 0 Å². The summed E-state index contributed by atoms with van der Waals surface area (Å²) < 4.78 is 2.15. The molecule has 0 aliphatic heterocycles. The van der Waals surface area contributed by atoms with Crippen LogP contribution in [0, 0.1) is 25.7 Å². The first-order chi connectivity index (χ1) is 15.4. The van der Waals surface area contributed by atoms with Crippen LogP contribution in [0.3, 0.4) is 0 Å². The van der Waals surface area contributed by atoms with Gasteiger partial charge in [-0.3, -0.25) is 9.59 Å². The molecular weight excluding hydrogens is 440 g/mol. The molecule has 0 unspecified atom stereocenters. The number of nitrogens with zero attached hydrogens (tertiary/aromatic N) is 2. The molecule has 1 saturated carbocycles. The average molecular weight is 465 g/mol. The number of thiazole rings is 2. The van der Waals surface area contributed by atoms with E-state index in [9.17, 15) is 9.59 Å². The Kier molecular flexibility index (Phi) is 5.65. The summed E-state index contributed by atoms with van der Waals surface area (Å²) in [6.07, 6.45) is 2.88. The Morgan fingerprint density at radius 2 is 1.16 bits per heavy atom. The van der Waals surface area contributed by atoms with Gasteiger partial charge < -0.3 is 10.6 Å². The first-order valence-electron chi connectivity index (χ1n) is 10.8. The Bertz CT molecular complexity index is 1220. The predicted octanol–water partition coefficient (Wildman–Crippen LogP) is 5.91. The number of carbonyl (C=O) groups excluding carboxylic acids is 2. The highest BCUT2D eigenvalue weighted by Crippen LogP contribution is 2.32. The van der Waals surface area contributed by atoms with Crippen molar-refractivity contribution in [3.8, 4) is 0 Å². The molecule has 5 rings (SSSR count). The van der Waals surface area contributed by atoms with E-state index < -0.39 is 0 Å². The third kappa shape index (κ3) is 4.38. The zero-order valence-corrected chi connectivity index (χ0v) is 19.6. The van der Waals surface area contributed by atoms with Crippen molar-refractivity contribution in [3.63, 3.8) is 0 Å². The maximum Gasteiger partial charge on any atom is 0.227 e. The van der Waals surface area contributed by atoms with Crippen molar-refractivity contribution in [1.29, 1.82) is 0 Å². The molecule has 1 aliphatic carbocycles. The van der Waals surface area contributed by atoms with E-state index in [1.54, 1.807) is 22.7 Å². The number of carbonyl (C=O) groups is 2. The Morgan fingerprint density at radius 3 is 1.56 bits per heavy atom. The third-order valence-electron chi connectivity index (χ3n) is 5.99. The van der Waals surface area contributed by atoms with Gasteiger partial charge in [0.25, 0.3) is 0 Å². The Balaban J connectivity index is 1.16. The van der Waals surface area contributed by atoms with Crippen molar-refractivity contribution in [2.45, 2.75) is 39.5 Å². The largest absolute Gasteiger partial charge is 0.326 e. The molecule has 32 heavy (non-hydrogen) atoms. The van der Waals surface area contributed by atoms with Crippen molar-refractivity contribution in [2.24, 2.45) is 11.8 Å². The molecule has 6 nitrogen and oxygen atoms in total. The van der Waals surface area contributed by atoms with Crippen LogP contribution in [0.15, 0.2) is 36.4 Å². The van der Waals surface area contributed by atoms with Crippen LogP contribution >= 0.6 is 22.7 Å². The molecule has 0 saturated heterocycles. The van der Waals surface area contributed by atoms with E-state index in [0.717, 1.165) is 67.5 Å². The highest BCUT2D eigenvalue weighted by atomic mass is 32.1. The number of hydrogen-bond donors (Lipinski definition) is 2. The van der Waals surface area contributed by atoms with Crippen LogP contribution in [0.2, 0.25) is 0 Å². The molecule has 0 atom stereocenters. The molecule has 0 spiro atoms. The normalized spacial score (nSPS) is 18.7. The van der Waals surface area contributed by atoms with Crippen LogP contribution in [0.25, 0.3) is 20.4 Å². The number of amides is 2. The summed E-state index contributed by atoms with van der Waals surface area (Å²) in [4.78, 5) is 34.5. The van der Waals surface area contributed by atoms with Crippen LogP contribution in [-0.4, -0.2) is 21.8 Å². The second-order valence-electron chi connectivity index (χ2n) is 8.36. The average Bonchev–Trinajstić information content (AvgIpc) is 3.33. The van der Waals surface area contributed by atoms with Crippen molar-refractivity contribution in [1.82, 2.24) is 9.97 Å². The number of aromatic nitrogens is 2. The first-order valence-corrected chi connectivity index (χ1v) is 12.4. The SMILES string of the molecule is Cc1nc2ccc(NC(=O)C3CCC(C(=O)Nc4ccc5nc(C)sc5c4)CC3)cc2s1. The van der Waals surface area contributed by atoms with E-state index in [1.165, 1.54) is 0 Å². The lowest BCUT2D eigenvalue weighted by atomic mass is 9.81. The number of nitrogens with one attached hydrogen (secondary N) is 2. The van der Waals surface area contributed by atoms with Crippen LogP contribution in [0.4, 0.5) is 11.4 Å². The van der Waals surface area contributed by atoms with Gasteiger partial charge in [-0.2, -0.15) is 0 Å². The maximum atomic E-state index is 12.8. The summed E-state index contributed by atoms with van der Waals surface area (Å²) in [5.41, 5.74) is 3.53. The zero-order chi connectivity index (χ0) is 22.2. The minimum Gasteiger partial charge on any atom is -0.326 e. The van der Waals surface area contributed by atoms with Gasteiger partial charge in [0.15, 0.2) is 0 Å². The van der Waals surface area contributed by atoms with Crippen LogP contribution in [0.1, 0.15) is 35.7 Å². The first kappa shape index (κ1) is 21.0. The van der Waals surface area contributed by atoms with E-state index in [2.05, 4.69) is 20.6 Å². The summed E-state index contributed by atoms with van der Waals surface area (Å²) in [6, 6.07) is 11.7. The zero-order valence-electron chi connectivity index (χ0n) is 18.0. The van der Waals surface area contributed by atoms with Gasteiger partial charge in [-0.1, -0.05) is 0 Å². The lowest BCUT2D eigenvalue weighted by Crippen LogP contribution is -2.32. The minimum atomic E-state index is -0.0607. The van der Waals surface area contributed by atoms with Gasteiger partial charge in [0.05, 0.1) is 30.4 Å². The quantitative estimate of drug-likeness (QED) is 0.393. The molecule has 2 aromatic carbocycles. The lowest BCUT2D eigenvalue weighted by Gasteiger charge is -2.27. The molecule has 1 aliphatic rings. The Hall–Kier alpha value is -2.84. The molecule has 8 heteroatoms. The lowest BCUT2D eigenvalue weighted by molar-refractivity contribution is -0.125. The fraction of sp³-hybridized carbons (Fsp3) is 0.333. The number of anilines is 2. The standard InChI is InChI=1S/C24H24N4O2S2/c1-13-25-19-9-7-17(11-21(19)31-13)27-23(29)15-3-5-16(6-4-15)24(30)28-18-8-10-20-22(12-18)32-14(2)26-20/h7-12,15-16H,3-6H2,1-2H3,(H,27,29)(H,28,30). The second kappa shape index (κ2) is 8.60. The van der Waals surface area contributed by atoms with Gasteiger partial charge >= 0.3 is 0 Å². The molecule has 2 aromatic heterocycles. The summed E-state index contributed by atoms with van der Waals surface area (Å²) >= 11 is 3.25. The summed E-state index contributed by atoms with van der Waals surface area (Å²) in [5.74, 6) is -0.0464. The predicted molar refractivity (Wildman–Crippen MR) is 131 cm³/mol. The highest BCUT2D eigenvalue weighted by molar-refractivity contribution is 7.18. The van der Waals surface area contributed by atoms with Gasteiger partial charge in [0.2, 0.25) is 11.8 Å². The van der Waals surface area contributed by atoms with Crippen LogP contribution < -0.4 is 10.6 Å². The minimum absolute atomic E-state index is 0.0375. The highest BCUT2D eigenvalue weighted by Gasteiger charge is 2.30. The summed E-state index contributed by atoms with van der Waals surface area (Å²) in [5, 5.41) is 8.13. The number of aryl methyl sites for hydroxylation is 2. The molecular formula is C24H24N4O2S2.